The predicted molar refractivity (Wildman–Crippen MR) is 74.2 cm³/mol. The second-order valence-electron chi connectivity index (χ2n) is 4.51. The van der Waals surface area contributed by atoms with Crippen LogP contribution in [0, 0.1) is 0 Å². The molecule has 2 rings (SSSR count). The van der Waals surface area contributed by atoms with E-state index in [1.54, 1.807) is 13.3 Å². The summed E-state index contributed by atoms with van der Waals surface area (Å²) >= 11 is 0. The Morgan fingerprint density at radius 3 is 2.67 bits per heavy atom. The molecular formula is C14H19N3O. The fraction of sp³-hybridized carbons (Fsp3) is 0.357. The van der Waals surface area contributed by atoms with Gasteiger partial charge >= 0.3 is 0 Å². The Balaban J connectivity index is 2.44. The Morgan fingerprint density at radius 1 is 1.33 bits per heavy atom. The molecule has 0 aliphatic rings. The maximum Gasteiger partial charge on any atom is 0.200 e. The van der Waals surface area contributed by atoms with Gasteiger partial charge < -0.3 is 15.0 Å². The molecule has 4 nitrogen and oxygen atoms in total. The lowest BCUT2D eigenvalue weighted by atomic mass is 10.00. The molecule has 0 spiro atoms. The Labute approximate surface area is 107 Å². The highest BCUT2D eigenvalue weighted by atomic mass is 16.5. The number of aromatic amines is 1. The lowest BCUT2D eigenvalue weighted by Crippen LogP contribution is -1.93. The quantitative estimate of drug-likeness (QED) is 0.869. The summed E-state index contributed by atoms with van der Waals surface area (Å²) in [6.07, 6.45) is 1.80. The first-order valence-electron chi connectivity index (χ1n) is 6.06. The molecule has 18 heavy (non-hydrogen) atoms. The summed E-state index contributed by atoms with van der Waals surface area (Å²) in [5, 5.41) is 2.98. The molecule has 0 fully saturated rings. The molecule has 2 aromatic rings. The van der Waals surface area contributed by atoms with Gasteiger partial charge in [0.05, 0.1) is 19.0 Å². The van der Waals surface area contributed by atoms with Crippen molar-refractivity contribution in [1.82, 2.24) is 9.97 Å². The lowest BCUT2D eigenvalue weighted by Gasteiger charge is -2.11. The first kappa shape index (κ1) is 12.5. The Bertz CT molecular complexity index is 532. The molecule has 96 valence electrons. The maximum absolute atomic E-state index is 5.47. The molecule has 0 radical (unpaired) electrons. The van der Waals surface area contributed by atoms with Crippen LogP contribution in [-0.4, -0.2) is 24.1 Å². The van der Waals surface area contributed by atoms with Gasteiger partial charge in [-0.05, 0) is 23.6 Å². The third-order valence-corrected chi connectivity index (χ3v) is 3.00. The number of hydrogen-bond donors (Lipinski definition) is 2. The van der Waals surface area contributed by atoms with E-state index in [-0.39, 0.29) is 0 Å². The molecule has 0 saturated heterocycles. The molecule has 0 bridgehead atoms. The van der Waals surface area contributed by atoms with Crippen molar-refractivity contribution in [1.29, 1.82) is 0 Å². The van der Waals surface area contributed by atoms with Gasteiger partial charge in [-0.1, -0.05) is 19.9 Å². The minimum Gasteiger partial charge on any atom is -0.496 e. The Kier molecular flexibility index (Phi) is 3.55. The van der Waals surface area contributed by atoms with Crippen molar-refractivity contribution in [2.75, 3.05) is 19.5 Å². The molecule has 1 aromatic heterocycles. The van der Waals surface area contributed by atoms with Crippen molar-refractivity contribution >= 4 is 5.95 Å². The van der Waals surface area contributed by atoms with Crippen molar-refractivity contribution in [3.05, 3.63) is 30.0 Å². The molecule has 0 aliphatic carbocycles. The SMILES string of the molecule is CNc1ncc(-c2ccc(C(C)C)cc2OC)[nH]1. The zero-order valence-corrected chi connectivity index (χ0v) is 11.2. The number of methoxy groups -OCH3 is 1. The number of rotatable bonds is 4. The summed E-state index contributed by atoms with van der Waals surface area (Å²) in [7, 11) is 3.53. The smallest absolute Gasteiger partial charge is 0.200 e. The van der Waals surface area contributed by atoms with Crippen molar-refractivity contribution in [2.24, 2.45) is 0 Å². The van der Waals surface area contributed by atoms with Crippen molar-refractivity contribution in [3.8, 4) is 17.0 Å². The molecule has 4 heteroatoms. The highest BCUT2D eigenvalue weighted by Gasteiger charge is 2.10. The average Bonchev–Trinajstić information content (AvgIpc) is 2.86. The predicted octanol–water partition coefficient (Wildman–Crippen LogP) is 3.25. The third kappa shape index (κ3) is 2.32. The van der Waals surface area contributed by atoms with Crippen LogP contribution in [0.3, 0.4) is 0 Å². The van der Waals surface area contributed by atoms with Crippen LogP contribution >= 0.6 is 0 Å². The summed E-state index contributed by atoms with van der Waals surface area (Å²) in [5.74, 6) is 2.11. The van der Waals surface area contributed by atoms with Crippen molar-refractivity contribution in [3.63, 3.8) is 0 Å². The number of H-pyrrole nitrogens is 1. The minimum absolute atomic E-state index is 0.489. The number of imidazole rings is 1. The summed E-state index contributed by atoms with van der Waals surface area (Å²) in [5.41, 5.74) is 3.24. The lowest BCUT2D eigenvalue weighted by molar-refractivity contribution is 0.415. The summed E-state index contributed by atoms with van der Waals surface area (Å²) in [4.78, 5) is 7.42. The van der Waals surface area contributed by atoms with Crippen LogP contribution in [0.25, 0.3) is 11.3 Å². The molecular weight excluding hydrogens is 226 g/mol. The van der Waals surface area contributed by atoms with E-state index in [1.807, 2.05) is 7.05 Å². The van der Waals surface area contributed by atoms with E-state index < -0.39 is 0 Å². The van der Waals surface area contributed by atoms with Crippen molar-refractivity contribution in [2.45, 2.75) is 19.8 Å². The monoisotopic (exact) mass is 245 g/mol. The summed E-state index contributed by atoms with van der Waals surface area (Å²) < 4.78 is 5.47. The molecule has 2 N–H and O–H groups in total. The van der Waals surface area contributed by atoms with E-state index in [2.05, 4.69) is 47.3 Å². The molecule has 0 amide bonds. The molecule has 0 aliphatic heterocycles. The van der Waals surface area contributed by atoms with Gasteiger partial charge in [0.2, 0.25) is 0 Å². The van der Waals surface area contributed by atoms with Gasteiger partial charge in [-0.3, -0.25) is 0 Å². The van der Waals surface area contributed by atoms with Gasteiger partial charge in [0.1, 0.15) is 5.75 Å². The van der Waals surface area contributed by atoms with Crippen LogP contribution in [0.5, 0.6) is 5.75 Å². The molecule has 0 atom stereocenters. The van der Waals surface area contributed by atoms with E-state index in [4.69, 9.17) is 4.74 Å². The number of nitrogens with zero attached hydrogens (tertiary/aromatic N) is 1. The first-order valence-corrected chi connectivity index (χ1v) is 6.06. The third-order valence-electron chi connectivity index (χ3n) is 3.00. The fourth-order valence-electron chi connectivity index (χ4n) is 1.87. The number of hydrogen-bond acceptors (Lipinski definition) is 3. The zero-order valence-electron chi connectivity index (χ0n) is 11.2. The van der Waals surface area contributed by atoms with Crippen LogP contribution < -0.4 is 10.1 Å². The highest BCUT2D eigenvalue weighted by molar-refractivity contribution is 5.68. The second kappa shape index (κ2) is 5.12. The maximum atomic E-state index is 5.47. The number of ether oxygens (including phenoxy) is 1. The molecule has 1 aromatic carbocycles. The van der Waals surface area contributed by atoms with Gasteiger partial charge in [0, 0.05) is 12.6 Å². The second-order valence-corrected chi connectivity index (χ2v) is 4.51. The normalized spacial score (nSPS) is 10.7. The van der Waals surface area contributed by atoms with Crippen LogP contribution in [-0.2, 0) is 0 Å². The number of benzene rings is 1. The van der Waals surface area contributed by atoms with E-state index >= 15 is 0 Å². The first-order chi connectivity index (χ1) is 8.65. The highest BCUT2D eigenvalue weighted by Crippen LogP contribution is 2.32. The standard InChI is InChI=1S/C14H19N3O/c1-9(2)10-5-6-11(13(7-10)18-4)12-8-16-14(15-3)17-12/h5-9H,1-4H3,(H2,15,16,17). The summed E-state index contributed by atoms with van der Waals surface area (Å²) in [6.45, 7) is 4.34. The average molecular weight is 245 g/mol. The minimum atomic E-state index is 0.489. The number of anilines is 1. The van der Waals surface area contributed by atoms with E-state index in [0.717, 1.165) is 23.0 Å². The molecule has 1 heterocycles. The topological polar surface area (TPSA) is 49.9 Å². The van der Waals surface area contributed by atoms with Crippen LogP contribution in [0.15, 0.2) is 24.4 Å². The Hall–Kier alpha value is -1.97. The van der Waals surface area contributed by atoms with Crippen molar-refractivity contribution < 1.29 is 4.74 Å². The van der Waals surface area contributed by atoms with Gasteiger partial charge in [-0.15, -0.1) is 0 Å². The van der Waals surface area contributed by atoms with Gasteiger partial charge in [-0.25, -0.2) is 4.98 Å². The van der Waals surface area contributed by atoms with Gasteiger partial charge in [0.15, 0.2) is 5.95 Å². The molecule has 0 saturated carbocycles. The van der Waals surface area contributed by atoms with Crippen LogP contribution in [0.2, 0.25) is 0 Å². The van der Waals surface area contributed by atoms with E-state index in [1.165, 1.54) is 5.56 Å². The van der Waals surface area contributed by atoms with Crippen LogP contribution in [0.4, 0.5) is 5.95 Å². The number of aromatic nitrogens is 2. The largest absolute Gasteiger partial charge is 0.496 e. The summed E-state index contributed by atoms with van der Waals surface area (Å²) in [6, 6.07) is 6.28. The fourth-order valence-corrected chi connectivity index (χ4v) is 1.87. The Morgan fingerprint density at radius 2 is 2.11 bits per heavy atom. The number of nitrogens with one attached hydrogen (secondary N) is 2. The molecule has 0 unspecified atom stereocenters. The van der Waals surface area contributed by atoms with Crippen LogP contribution in [0.1, 0.15) is 25.3 Å². The van der Waals surface area contributed by atoms with E-state index in [9.17, 15) is 0 Å². The zero-order chi connectivity index (χ0) is 13.1. The van der Waals surface area contributed by atoms with E-state index in [0.29, 0.717) is 5.92 Å². The van der Waals surface area contributed by atoms with Gasteiger partial charge in [0.25, 0.3) is 0 Å². The van der Waals surface area contributed by atoms with Gasteiger partial charge in [-0.2, -0.15) is 0 Å².